The minimum absolute atomic E-state index is 0.736. The minimum atomic E-state index is 0.736. The number of aromatic nitrogens is 1. The number of hydrogen-bond donors (Lipinski definition) is 2. The molecule has 2 aromatic rings. The SMILES string of the molecule is Cc1cc(NCc2nccs2)c(Br)cc1N. The molecular formula is C11H12BrN3S. The van der Waals surface area contributed by atoms with Gasteiger partial charge in [0.1, 0.15) is 5.01 Å². The number of nitrogens with zero attached hydrogens (tertiary/aromatic N) is 1. The van der Waals surface area contributed by atoms with E-state index in [1.54, 1.807) is 11.3 Å². The summed E-state index contributed by atoms with van der Waals surface area (Å²) in [4.78, 5) is 4.22. The van der Waals surface area contributed by atoms with E-state index in [-0.39, 0.29) is 0 Å². The largest absolute Gasteiger partial charge is 0.398 e. The van der Waals surface area contributed by atoms with Gasteiger partial charge in [0.25, 0.3) is 0 Å². The van der Waals surface area contributed by atoms with Crippen LogP contribution in [0.3, 0.4) is 0 Å². The quantitative estimate of drug-likeness (QED) is 0.854. The molecule has 84 valence electrons. The molecule has 0 aliphatic heterocycles. The van der Waals surface area contributed by atoms with Crippen LogP contribution >= 0.6 is 27.3 Å². The van der Waals surface area contributed by atoms with Crippen molar-refractivity contribution in [3.8, 4) is 0 Å². The van der Waals surface area contributed by atoms with Crippen LogP contribution in [0.4, 0.5) is 11.4 Å². The molecule has 0 spiro atoms. The van der Waals surface area contributed by atoms with Crippen molar-refractivity contribution < 1.29 is 0 Å². The van der Waals surface area contributed by atoms with Gasteiger partial charge in [0.2, 0.25) is 0 Å². The molecule has 3 nitrogen and oxygen atoms in total. The van der Waals surface area contributed by atoms with E-state index in [2.05, 4.69) is 26.2 Å². The summed E-state index contributed by atoms with van der Waals surface area (Å²) >= 11 is 5.13. The van der Waals surface area contributed by atoms with E-state index >= 15 is 0 Å². The lowest BCUT2D eigenvalue weighted by Crippen LogP contribution is -2.01. The topological polar surface area (TPSA) is 50.9 Å². The van der Waals surface area contributed by atoms with Crippen molar-refractivity contribution in [2.75, 3.05) is 11.1 Å². The van der Waals surface area contributed by atoms with Crippen LogP contribution in [0.15, 0.2) is 28.2 Å². The Labute approximate surface area is 107 Å². The number of anilines is 2. The van der Waals surface area contributed by atoms with Gasteiger partial charge in [0, 0.05) is 27.4 Å². The number of nitrogens with one attached hydrogen (secondary N) is 1. The number of nitrogen functional groups attached to an aromatic ring is 1. The molecule has 0 bridgehead atoms. The maximum absolute atomic E-state index is 5.81. The second-order valence-corrected chi connectivity index (χ2v) is 5.30. The summed E-state index contributed by atoms with van der Waals surface area (Å²) in [7, 11) is 0. The van der Waals surface area contributed by atoms with E-state index in [0.29, 0.717) is 0 Å². The van der Waals surface area contributed by atoms with Crippen LogP contribution in [0, 0.1) is 6.92 Å². The summed E-state index contributed by atoms with van der Waals surface area (Å²) in [5.74, 6) is 0. The summed E-state index contributed by atoms with van der Waals surface area (Å²) in [5, 5.41) is 6.37. The molecule has 0 saturated heterocycles. The maximum Gasteiger partial charge on any atom is 0.112 e. The molecule has 16 heavy (non-hydrogen) atoms. The monoisotopic (exact) mass is 297 g/mol. The van der Waals surface area contributed by atoms with Crippen molar-refractivity contribution >= 4 is 38.6 Å². The molecule has 1 heterocycles. The Hall–Kier alpha value is -1.07. The third-order valence-corrected chi connectivity index (χ3v) is 3.70. The third kappa shape index (κ3) is 2.54. The van der Waals surface area contributed by atoms with E-state index in [4.69, 9.17) is 5.73 Å². The van der Waals surface area contributed by atoms with Crippen LogP contribution in [0.5, 0.6) is 0 Å². The lowest BCUT2D eigenvalue weighted by Gasteiger charge is -2.09. The smallest absolute Gasteiger partial charge is 0.112 e. The average Bonchev–Trinajstić information content (AvgIpc) is 2.74. The summed E-state index contributed by atoms with van der Waals surface area (Å²) in [6, 6.07) is 3.95. The number of thiazole rings is 1. The first-order valence-electron chi connectivity index (χ1n) is 4.84. The molecule has 0 saturated carbocycles. The first kappa shape index (κ1) is 11.4. The predicted octanol–water partition coefficient (Wildman–Crippen LogP) is 3.41. The second kappa shape index (κ2) is 4.84. The van der Waals surface area contributed by atoms with Gasteiger partial charge in [-0.25, -0.2) is 4.98 Å². The molecular weight excluding hydrogens is 286 g/mol. The van der Waals surface area contributed by atoms with Crippen molar-refractivity contribution in [2.45, 2.75) is 13.5 Å². The van der Waals surface area contributed by atoms with Crippen LogP contribution in [-0.2, 0) is 6.54 Å². The van der Waals surface area contributed by atoms with Gasteiger partial charge in [-0.2, -0.15) is 0 Å². The molecule has 5 heteroatoms. The highest BCUT2D eigenvalue weighted by atomic mass is 79.9. The fraction of sp³-hybridized carbons (Fsp3) is 0.182. The van der Waals surface area contributed by atoms with Crippen LogP contribution < -0.4 is 11.1 Å². The van der Waals surface area contributed by atoms with Crippen LogP contribution in [-0.4, -0.2) is 4.98 Å². The molecule has 0 atom stereocenters. The molecule has 1 aromatic heterocycles. The summed E-state index contributed by atoms with van der Waals surface area (Å²) in [6.07, 6.45) is 1.81. The number of nitrogens with two attached hydrogens (primary N) is 1. The molecule has 1 aromatic carbocycles. The first-order valence-corrected chi connectivity index (χ1v) is 6.52. The average molecular weight is 298 g/mol. The highest BCUT2D eigenvalue weighted by Gasteiger charge is 2.03. The highest BCUT2D eigenvalue weighted by molar-refractivity contribution is 9.10. The van der Waals surface area contributed by atoms with Crippen LogP contribution in [0.2, 0.25) is 0 Å². The Bertz CT molecular complexity index is 482. The Kier molecular flexibility index (Phi) is 3.46. The Morgan fingerprint density at radius 1 is 1.50 bits per heavy atom. The molecule has 2 rings (SSSR count). The second-order valence-electron chi connectivity index (χ2n) is 3.47. The normalized spacial score (nSPS) is 10.4. The number of aryl methyl sites for hydroxylation is 1. The molecule has 3 N–H and O–H groups in total. The van der Waals surface area contributed by atoms with Gasteiger partial charge in [0.15, 0.2) is 0 Å². The lowest BCUT2D eigenvalue weighted by molar-refractivity contribution is 1.10. The summed E-state index contributed by atoms with van der Waals surface area (Å²) < 4.78 is 0.979. The zero-order chi connectivity index (χ0) is 11.5. The Morgan fingerprint density at radius 3 is 3.00 bits per heavy atom. The zero-order valence-electron chi connectivity index (χ0n) is 8.83. The van der Waals surface area contributed by atoms with Gasteiger partial charge >= 0.3 is 0 Å². The van der Waals surface area contributed by atoms with E-state index in [1.807, 2.05) is 30.6 Å². The van der Waals surface area contributed by atoms with Gasteiger partial charge in [-0.1, -0.05) is 0 Å². The molecule has 0 radical (unpaired) electrons. The molecule has 0 amide bonds. The van der Waals surface area contributed by atoms with Gasteiger partial charge in [-0.3, -0.25) is 0 Å². The van der Waals surface area contributed by atoms with Crippen molar-refractivity contribution in [3.63, 3.8) is 0 Å². The molecule has 0 fully saturated rings. The maximum atomic E-state index is 5.81. The van der Waals surface area contributed by atoms with Gasteiger partial charge < -0.3 is 11.1 Å². The van der Waals surface area contributed by atoms with Crippen molar-refractivity contribution in [2.24, 2.45) is 0 Å². The molecule has 0 aliphatic carbocycles. The summed E-state index contributed by atoms with van der Waals surface area (Å²) in [6.45, 7) is 2.73. The van der Waals surface area contributed by atoms with Crippen LogP contribution in [0.1, 0.15) is 10.6 Å². The lowest BCUT2D eigenvalue weighted by atomic mass is 10.2. The number of benzene rings is 1. The van der Waals surface area contributed by atoms with E-state index in [1.165, 1.54) is 0 Å². The molecule has 0 unspecified atom stereocenters. The molecule has 0 aliphatic rings. The fourth-order valence-electron chi connectivity index (χ4n) is 1.34. The highest BCUT2D eigenvalue weighted by Crippen LogP contribution is 2.28. The number of halogens is 1. The first-order chi connectivity index (χ1) is 7.66. The minimum Gasteiger partial charge on any atom is -0.398 e. The summed E-state index contributed by atoms with van der Waals surface area (Å²) in [5.41, 5.74) is 8.73. The van der Waals surface area contributed by atoms with E-state index in [0.717, 1.165) is 33.0 Å². The van der Waals surface area contributed by atoms with Gasteiger partial charge in [-0.05, 0) is 40.5 Å². The van der Waals surface area contributed by atoms with Crippen LogP contribution in [0.25, 0.3) is 0 Å². The standard InChI is InChI=1S/C11H12BrN3S/c1-7-4-10(8(12)5-9(7)13)15-6-11-14-2-3-16-11/h2-5,15H,6,13H2,1H3. The van der Waals surface area contributed by atoms with E-state index in [9.17, 15) is 0 Å². The van der Waals surface area contributed by atoms with E-state index < -0.39 is 0 Å². The zero-order valence-corrected chi connectivity index (χ0v) is 11.2. The Morgan fingerprint density at radius 2 is 2.31 bits per heavy atom. The number of hydrogen-bond acceptors (Lipinski definition) is 4. The predicted molar refractivity (Wildman–Crippen MR) is 72.7 cm³/mol. The van der Waals surface area contributed by atoms with Gasteiger partial charge in [0.05, 0.1) is 6.54 Å². The van der Waals surface area contributed by atoms with Crippen molar-refractivity contribution in [1.82, 2.24) is 4.98 Å². The third-order valence-electron chi connectivity index (χ3n) is 2.27. The fourth-order valence-corrected chi connectivity index (χ4v) is 2.40. The number of rotatable bonds is 3. The van der Waals surface area contributed by atoms with Crippen molar-refractivity contribution in [3.05, 3.63) is 38.8 Å². The van der Waals surface area contributed by atoms with Crippen molar-refractivity contribution in [1.29, 1.82) is 0 Å². The Balaban J connectivity index is 2.12. The van der Waals surface area contributed by atoms with Gasteiger partial charge in [-0.15, -0.1) is 11.3 Å².